The van der Waals surface area contributed by atoms with Crippen molar-refractivity contribution in [2.45, 2.75) is 57.4 Å². The number of aryl methyl sites for hydroxylation is 1. The molecule has 3 aliphatic heterocycles. The highest BCUT2D eigenvalue weighted by Crippen LogP contribution is 2.51. The Hall–Kier alpha value is -3.24. The molecule has 3 fully saturated rings. The van der Waals surface area contributed by atoms with Crippen molar-refractivity contribution in [3.63, 3.8) is 0 Å². The van der Waals surface area contributed by atoms with Crippen LogP contribution in [0.5, 0.6) is 5.88 Å². The maximum atomic E-state index is 12.0. The molecule has 1 aromatic carbocycles. The fourth-order valence-corrected chi connectivity index (χ4v) is 6.48. The SMILES string of the molecule is COc1nc(Nc2cc(C)cc(-c3cnc(C45CCCN4C(=O)C5)s3)c2)ncc1Cl.O=C1CCCCCN1. The van der Waals surface area contributed by atoms with Crippen molar-refractivity contribution in [2.24, 2.45) is 0 Å². The molecule has 2 amide bonds. The smallest absolute Gasteiger partial charge is 0.237 e. The number of fused-ring (bicyclic) bond motifs is 1. The van der Waals surface area contributed by atoms with Gasteiger partial charge < -0.3 is 20.3 Å². The van der Waals surface area contributed by atoms with Gasteiger partial charge in [0.05, 0.1) is 24.6 Å². The van der Waals surface area contributed by atoms with Crippen LogP contribution < -0.4 is 15.4 Å². The fraction of sp³-hybridized carbons (Fsp3) is 0.444. The first-order valence-corrected chi connectivity index (χ1v) is 14.1. The molecule has 5 heterocycles. The average Bonchev–Trinajstić information content (AvgIpc) is 3.45. The number of nitrogens with one attached hydrogen (secondary N) is 2. The Kier molecular flexibility index (Phi) is 7.80. The van der Waals surface area contributed by atoms with Gasteiger partial charge in [0.2, 0.25) is 23.6 Å². The van der Waals surface area contributed by atoms with E-state index in [1.807, 2.05) is 30.2 Å². The van der Waals surface area contributed by atoms with E-state index < -0.39 is 0 Å². The van der Waals surface area contributed by atoms with Crippen LogP contribution in [-0.2, 0) is 15.1 Å². The molecule has 3 saturated heterocycles. The van der Waals surface area contributed by atoms with Gasteiger partial charge in [-0.3, -0.25) is 9.59 Å². The molecule has 0 saturated carbocycles. The highest BCUT2D eigenvalue weighted by Gasteiger charge is 2.56. The zero-order valence-corrected chi connectivity index (χ0v) is 23.1. The van der Waals surface area contributed by atoms with Gasteiger partial charge in [0.25, 0.3) is 0 Å². The summed E-state index contributed by atoms with van der Waals surface area (Å²) < 4.78 is 5.17. The molecule has 0 spiro atoms. The molecule has 1 unspecified atom stereocenters. The maximum Gasteiger partial charge on any atom is 0.237 e. The quantitative estimate of drug-likeness (QED) is 0.416. The van der Waals surface area contributed by atoms with Gasteiger partial charge in [0, 0.05) is 31.4 Å². The molecule has 0 aliphatic carbocycles. The standard InChI is InChI=1S/C21H20ClN5O2S.C6H11NO/c1-12-6-13(8-14(7-12)25-20-24-10-15(22)18(26-20)29-2)16-11-23-19(30-16)21-4-3-5-27(21)17(28)9-21;8-6-4-2-1-3-5-7-6/h6-8,10-11H,3-5,9H2,1-2H3,(H,24,25,26);1-5H2,(H,7,8). The predicted octanol–water partition coefficient (Wildman–Crippen LogP) is 5.21. The van der Waals surface area contributed by atoms with Crippen molar-refractivity contribution >= 4 is 46.4 Å². The van der Waals surface area contributed by atoms with Crippen molar-refractivity contribution in [3.05, 3.63) is 46.2 Å². The van der Waals surface area contributed by atoms with Crippen LogP contribution >= 0.6 is 22.9 Å². The van der Waals surface area contributed by atoms with Crippen molar-refractivity contribution < 1.29 is 14.3 Å². The summed E-state index contributed by atoms with van der Waals surface area (Å²) in [5.74, 6) is 1.20. The van der Waals surface area contributed by atoms with Gasteiger partial charge in [-0.1, -0.05) is 24.1 Å². The molecule has 2 aromatic heterocycles. The van der Waals surface area contributed by atoms with Crippen LogP contribution in [0.15, 0.2) is 30.6 Å². The van der Waals surface area contributed by atoms with Gasteiger partial charge >= 0.3 is 0 Å². The van der Waals surface area contributed by atoms with Gasteiger partial charge in [0.1, 0.15) is 15.6 Å². The number of halogens is 1. The normalized spacial score (nSPS) is 20.4. The number of β-lactam (4-membered cyclic amide) rings is 1. The lowest BCUT2D eigenvalue weighted by molar-refractivity contribution is -0.153. The second-order valence-electron chi connectivity index (χ2n) is 9.81. The summed E-state index contributed by atoms with van der Waals surface area (Å²) in [6, 6.07) is 6.20. The molecular weight excluding hydrogens is 524 g/mol. The molecule has 38 heavy (non-hydrogen) atoms. The third kappa shape index (κ3) is 5.47. The zero-order chi connectivity index (χ0) is 26.7. The first-order valence-electron chi connectivity index (χ1n) is 12.9. The summed E-state index contributed by atoms with van der Waals surface area (Å²) in [7, 11) is 1.52. The van der Waals surface area contributed by atoms with Crippen LogP contribution in [0, 0.1) is 6.92 Å². The summed E-state index contributed by atoms with van der Waals surface area (Å²) in [5.41, 5.74) is 2.86. The van der Waals surface area contributed by atoms with E-state index in [4.69, 9.17) is 21.3 Å². The summed E-state index contributed by atoms with van der Waals surface area (Å²) in [5, 5.41) is 7.43. The maximum absolute atomic E-state index is 12.0. The molecule has 0 bridgehead atoms. The van der Waals surface area contributed by atoms with E-state index in [0.29, 0.717) is 23.3 Å². The lowest BCUT2D eigenvalue weighted by Crippen LogP contribution is -2.57. The number of hydrogen-bond donors (Lipinski definition) is 2. The van der Waals surface area contributed by atoms with Gasteiger partial charge in [-0.05, 0) is 55.9 Å². The zero-order valence-electron chi connectivity index (χ0n) is 21.6. The molecule has 6 rings (SSSR count). The number of carbonyl (C=O) groups is 2. The van der Waals surface area contributed by atoms with E-state index in [1.165, 1.54) is 19.7 Å². The van der Waals surface area contributed by atoms with Crippen LogP contribution in [-0.4, -0.2) is 51.9 Å². The summed E-state index contributed by atoms with van der Waals surface area (Å²) in [4.78, 5) is 38.8. The van der Waals surface area contributed by atoms with Crippen LogP contribution in [0.25, 0.3) is 10.4 Å². The Morgan fingerprint density at radius 3 is 2.82 bits per heavy atom. The topological polar surface area (TPSA) is 109 Å². The molecule has 11 heteroatoms. The van der Waals surface area contributed by atoms with E-state index in [0.717, 1.165) is 71.9 Å². The Bertz CT molecular complexity index is 1340. The van der Waals surface area contributed by atoms with Crippen LogP contribution in [0.4, 0.5) is 11.6 Å². The highest BCUT2D eigenvalue weighted by molar-refractivity contribution is 7.15. The molecule has 1 atom stereocenters. The van der Waals surface area contributed by atoms with Crippen molar-refractivity contribution in [1.82, 2.24) is 25.2 Å². The minimum absolute atomic E-state index is 0.168. The molecule has 2 N–H and O–H groups in total. The van der Waals surface area contributed by atoms with E-state index in [9.17, 15) is 9.59 Å². The third-order valence-electron chi connectivity index (χ3n) is 7.06. The Balaban J connectivity index is 0.000000316. The van der Waals surface area contributed by atoms with E-state index >= 15 is 0 Å². The second-order valence-corrected chi connectivity index (χ2v) is 11.2. The summed E-state index contributed by atoms with van der Waals surface area (Å²) >= 11 is 7.68. The second kappa shape index (κ2) is 11.2. The number of hydrogen-bond acceptors (Lipinski definition) is 8. The summed E-state index contributed by atoms with van der Waals surface area (Å²) in [6.45, 7) is 3.78. The Morgan fingerprint density at radius 1 is 1.13 bits per heavy atom. The number of benzene rings is 1. The van der Waals surface area contributed by atoms with Gasteiger partial charge in [-0.2, -0.15) is 4.98 Å². The molecular formula is C27H31ClN6O3S. The number of ether oxygens (including phenoxy) is 1. The third-order valence-corrected chi connectivity index (χ3v) is 8.56. The first-order chi connectivity index (χ1) is 18.4. The summed E-state index contributed by atoms with van der Waals surface area (Å²) in [6.07, 6.45) is 10.2. The number of methoxy groups -OCH3 is 1. The van der Waals surface area contributed by atoms with Crippen LogP contribution in [0.1, 0.15) is 55.5 Å². The largest absolute Gasteiger partial charge is 0.480 e. The van der Waals surface area contributed by atoms with E-state index in [2.05, 4.69) is 26.7 Å². The Morgan fingerprint density at radius 2 is 2.00 bits per heavy atom. The lowest BCUT2D eigenvalue weighted by atomic mass is 9.85. The van der Waals surface area contributed by atoms with E-state index in [-0.39, 0.29) is 17.4 Å². The number of aromatic nitrogens is 3. The lowest BCUT2D eigenvalue weighted by Gasteiger charge is -2.45. The highest BCUT2D eigenvalue weighted by atomic mass is 35.5. The number of rotatable bonds is 5. The molecule has 3 aliphatic rings. The first kappa shape index (κ1) is 26.4. The van der Waals surface area contributed by atoms with Gasteiger partial charge in [-0.15, -0.1) is 11.3 Å². The number of nitrogens with zero attached hydrogens (tertiary/aromatic N) is 4. The van der Waals surface area contributed by atoms with Crippen molar-refractivity contribution in [2.75, 3.05) is 25.5 Å². The van der Waals surface area contributed by atoms with Crippen LogP contribution in [0.2, 0.25) is 5.02 Å². The molecule has 200 valence electrons. The minimum Gasteiger partial charge on any atom is -0.480 e. The Labute approximate surface area is 231 Å². The van der Waals surface area contributed by atoms with E-state index in [1.54, 1.807) is 11.3 Å². The number of thiazole rings is 1. The number of anilines is 2. The van der Waals surface area contributed by atoms with Crippen LogP contribution in [0.3, 0.4) is 0 Å². The molecule has 3 aromatic rings. The molecule has 9 nitrogen and oxygen atoms in total. The average molecular weight is 555 g/mol. The monoisotopic (exact) mass is 554 g/mol. The molecule has 0 radical (unpaired) electrons. The minimum atomic E-state index is -0.168. The number of amides is 2. The number of carbonyl (C=O) groups excluding carboxylic acids is 2. The van der Waals surface area contributed by atoms with Crippen molar-refractivity contribution in [1.29, 1.82) is 0 Å². The van der Waals surface area contributed by atoms with Gasteiger partial charge in [-0.25, -0.2) is 9.97 Å². The van der Waals surface area contributed by atoms with Crippen molar-refractivity contribution in [3.8, 4) is 16.3 Å². The predicted molar refractivity (Wildman–Crippen MR) is 148 cm³/mol. The van der Waals surface area contributed by atoms with Gasteiger partial charge in [0.15, 0.2) is 0 Å². The fourth-order valence-electron chi connectivity index (χ4n) is 5.19.